The van der Waals surface area contributed by atoms with Crippen LogP contribution < -0.4 is 3.07 Å². The topological polar surface area (TPSA) is 9.23 Å². The summed E-state index contributed by atoms with van der Waals surface area (Å²) >= 11 is 1.99. The van der Waals surface area contributed by atoms with Crippen LogP contribution in [-0.2, 0) is 6.42 Å². The molecule has 1 aromatic rings. The Bertz CT molecular complexity index is 554. The summed E-state index contributed by atoms with van der Waals surface area (Å²) in [5.41, 5.74) is 3.83. The summed E-state index contributed by atoms with van der Waals surface area (Å²) in [5.74, 6) is 4.68. The molecule has 114 valence electrons. The fraction of sp³-hybridized carbons (Fsp3) is 0.684. The van der Waals surface area contributed by atoms with Crippen molar-refractivity contribution < 1.29 is 3.07 Å². The van der Waals surface area contributed by atoms with Gasteiger partial charge >= 0.3 is 0 Å². The molecule has 1 nitrogen and oxygen atoms in total. The highest BCUT2D eigenvalue weighted by Crippen LogP contribution is 2.62. The van der Waals surface area contributed by atoms with E-state index in [-0.39, 0.29) is 0 Å². The highest BCUT2D eigenvalue weighted by atomic mass is 127. The van der Waals surface area contributed by atoms with Crippen LogP contribution in [0.15, 0.2) is 18.2 Å². The minimum absolute atomic E-state index is 0.629. The minimum Gasteiger partial charge on any atom is -0.428 e. The van der Waals surface area contributed by atoms with Crippen LogP contribution in [0.4, 0.5) is 0 Å². The molecule has 3 aliphatic carbocycles. The lowest BCUT2D eigenvalue weighted by Crippen LogP contribution is -2.41. The van der Waals surface area contributed by atoms with Gasteiger partial charge in [0.1, 0.15) is 5.75 Å². The molecule has 5 unspecified atom stereocenters. The third-order valence-electron chi connectivity index (χ3n) is 7.26. The highest BCUT2D eigenvalue weighted by molar-refractivity contribution is 14.1. The summed E-state index contributed by atoms with van der Waals surface area (Å²) in [6, 6.07) is 6.81. The molecular formula is C19H25IO. The molecule has 0 heterocycles. The van der Waals surface area contributed by atoms with E-state index < -0.39 is 0 Å². The summed E-state index contributed by atoms with van der Waals surface area (Å²) in [5, 5.41) is 0. The first kappa shape index (κ1) is 14.3. The maximum absolute atomic E-state index is 5.39. The van der Waals surface area contributed by atoms with Crippen LogP contribution in [0, 0.1) is 23.2 Å². The van der Waals surface area contributed by atoms with Gasteiger partial charge in [-0.05, 0) is 90.9 Å². The van der Waals surface area contributed by atoms with Gasteiger partial charge in [-0.3, -0.25) is 0 Å². The van der Waals surface area contributed by atoms with E-state index in [1.165, 1.54) is 38.5 Å². The lowest BCUT2D eigenvalue weighted by Gasteiger charge is -2.50. The Balaban J connectivity index is 1.68. The molecule has 5 atom stereocenters. The fourth-order valence-electron chi connectivity index (χ4n) is 5.87. The molecule has 3 aliphatic rings. The normalized spacial score (nSPS) is 41.1. The molecule has 2 fully saturated rings. The number of halogens is 1. The van der Waals surface area contributed by atoms with Gasteiger partial charge < -0.3 is 3.07 Å². The first-order valence-corrected chi connectivity index (χ1v) is 9.43. The Labute approximate surface area is 142 Å². The number of hydrogen-bond donors (Lipinski definition) is 0. The third kappa shape index (κ3) is 2.08. The molecule has 1 aromatic carbocycles. The van der Waals surface area contributed by atoms with E-state index in [4.69, 9.17) is 3.07 Å². The summed E-state index contributed by atoms with van der Waals surface area (Å²) in [4.78, 5) is 0. The van der Waals surface area contributed by atoms with Gasteiger partial charge in [-0.25, -0.2) is 0 Å². The Hall–Kier alpha value is -0.250. The smallest absolute Gasteiger partial charge is 0.192 e. The van der Waals surface area contributed by atoms with E-state index in [0.29, 0.717) is 5.41 Å². The van der Waals surface area contributed by atoms with Crippen molar-refractivity contribution in [1.29, 1.82) is 0 Å². The zero-order chi connectivity index (χ0) is 14.6. The molecule has 2 heteroatoms. The predicted octanol–water partition coefficient (Wildman–Crippen LogP) is 5.91. The second-order valence-electron chi connectivity index (χ2n) is 7.88. The second-order valence-corrected chi connectivity index (χ2v) is 8.32. The van der Waals surface area contributed by atoms with Gasteiger partial charge in [-0.15, -0.1) is 0 Å². The van der Waals surface area contributed by atoms with Gasteiger partial charge in [0.05, 0.1) is 0 Å². The largest absolute Gasteiger partial charge is 0.428 e. The molecule has 0 amide bonds. The standard InChI is InChI=1S/C19H25IO/c1-12-3-8-18-17-6-4-13-11-14(21-20)5-7-15(13)16(17)9-10-19(12,18)2/h5,7,11-12,16-18H,3-4,6,8-10H2,1-2H3. The molecule has 21 heavy (non-hydrogen) atoms. The molecule has 0 bridgehead atoms. The second kappa shape index (κ2) is 5.14. The summed E-state index contributed by atoms with van der Waals surface area (Å²) in [7, 11) is 0. The van der Waals surface area contributed by atoms with Crippen LogP contribution in [0.2, 0.25) is 0 Å². The van der Waals surface area contributed by atoms with E-state index in [1.54, 1.807) is 11.1 Å². The first-order valence-electron chi connectivity index (χ1n) is 8.55. The molecule has 0 saturated heterocycles. The first-order chi connectivity index (χ1) is 10.1. The number of rotatable bonds is 1. The lowest BCUT2D eigenvalue weighted by molar-refractivity contribution is 0.0336. The van der Waals surface area contributed by atoms with Gasteiger partial charge in [-0.2, -0.15) is 0 Å². The number of hydrogen-bond acceptors (Lipinski definition) is 1. The Morgan fingerprint density at radius 3 is 2.86 bits per heavy atom. The number of aryl methyl sites for hydroxylation is 1. The van der Waals surface area contributed by atoms with Gasteiger partial charge in [-0.1, -0.05) is 19.9 Å². The summed E-state index contributed by atoms with van der Waals surface area (Å²) in [6.45, 7) is 5.09. The van der Waals surface area contributed by atoms with Crippen molar-refractivity contribution in [3.05, 3.63) is 29.3 Å². The summed E-state index contributed by atoms with van der Waals surface area (Å²) in [6.07, 6.45) is 8.42. The van der Waals surface area contributed by atoms with Crippen molar-refractivity contribution in [2.45, 2.75) is 58.3 Å². The molecule has 0 N–H and O–H groups in total. The van der Waals surface area contributed by atoms with Crippen molar-refractivity contribution in [1.82, 2.24) is 0 Å². The number of benzene rings is 1. The van der Waals surface area contributed by atoms with Crippen molar-refractivity contribution in [3.63, 3.8) is 0 Å². The maximum atomic E-state index is 5.39. The average Bonchev–Trinajstić information content (AvgIpc) is 2.82. The fourth-order valence-corrected chi connectivity index (χ4v) is 6.14. The van der Waals surface area contributed by atoms with Crippen molar-refractivity contribution >= 4 is 23.0 Å². The molecule has 0 aliphatic heterocycles. The quantitative estimate of drug-likeness (QED) is 0.537. The highest BCUT2D eigenvalue weighted by Gasteiger charge is 2.53. The Morgan fingerprint density at radius 2 is 2.05 bits per heavy atom. The monoisotopic (exact) mass is 396 g/mol. The van der Waals surface area contributed by atoms with Crippen LogP contribution in [0.3, 0.4) is 0 Å². The molecule has 2 saturated carbocycles. The van der Waals surface area contributed by atoms with Crippen LogP contribution in [0.1, 0.15) is 63.0 Å². The van der Waals surface area contributed by atoms with Crippen LogP contribution >= 0.6 is 23.0 Å². The van der Waals surface area contributed by atoms with E-state index in [2.05, 4.69) is 32.0 Å². The molecule has 4 rings (SSSR count). The Morgan fingerprint density at radius 1 is 1.19 bits per heavy atom. The molecule has 0 aromatic heterocycles. The van der Waals surface area contributed by atoms with Crippen LogP contribution in [0.25, 0.3) is 0 Å². The van der Waals surface area contributed by atoms with Crippen molar-refractivity contribution in [2.24, 2.45) is 23.2 Å². The SMILES string of the molecule is CC1CCC2C3CCc4cc(OI)ccc4C3CCC12C. The minimum atomic E-state index is 0.629. The zero-order valence-electron chi connectivity index (χ0n) is 13.1. The summed E-state index contributed by atoms with van der Waals surface area (Å²) < 4.78 is 5.39. The zero-order valence-corrected chi connectivity index (χ0v) is 15.2. The van der Waals surface area contributed by atoms with Crippen LogP contribution in [0.5, 0.6) is 5.75 Å². The molecular weight excluding hydrogens is 371 g/mol. The van der Waals surface area contributed by atoms with E-state index in [0.717, 1.165) is 29.4 Å². The van der Waals surface area contributed by atoms with E-state index >= 15 is 0 Å². The van der Waals surface area contributed by atoms with E-state index in [1.807, 2.05) is 23.0 Å². The van der Waals surface area contributed by atoms with Crippen molar-refractivity contribution in [2.75, 3.05) is 0 Å². The average molecular weight is 396 g/mol. The van der Waals surface area contributed by atoms with E-state index in [9.17, 15) is 0 Å². The third-order valence-corrected chi connectivity index (χ3v) is 7.77. The van der Waals surface area contributed by atoms with Gasteiger partial charge in [0.25, 0.3) is 0 Å². The predicted molar refractivity (Wildman–Crippen MR) is 94.9 cm³/mol. The van der Waals surface area contributed by atoms with Crippen molar-refractivity contribution in [3.8, 4) is 5.75 Å². The molecule has 0 spiro atoms. The Kier molecular flexibility index (Phi) is 3.51. The van der Waals surface area contributed by atoms with Crippen LogP contribution in [-0.4, -0.2) is 0 Å². The maximum Gasteiger partial charge on any atom is 0.192 e. The van der Waals surface area contributed by atoms with Gasteiger partial charge in [0, 0.05) is 0 Å². The van der Waals surface area contributed by atoms with Gasteiger partial charge in [0.2, 0.25) is 0 Å². The molecule has 0 radical (unpaired) electrons. The lowest BCUT2D eigenvalue weighted by atomic mass is 9.54. The number of fused-ring (bicyclic) bond motifs is 5. The van der Waals surface area contributed by atoms with Gasteiger partial charge in [0.15, 0.2) is 23.0 Å².